The predicted octanol–water partition coefficient (Wildman–Crippen LogP) is 2.67. The second-order valence-corrected chi connectivity index (χ2v) is 3.92. The highest BCUT2D eigenvalue weighted by Crippen LogP contribution is 2.25. The van der Waals surface area contributed by atoms with Crippen molar-refractivity contribution in [3.05, 3.63) is 14.5 Å². The first-order valence-electron chi connectivity index (χ1n) is 1.56. The highest BCUT2D eigenvalue weighted by molar-refractivity contribution is 9.13. The Balaban J connectivity index is 3.12. The van der Waals surface area contributed by atoms with Gasteiger partial charge in [0.25, 0.3) is 0 Å². The molecule has 1 heterocycles. The summed E-state index contributed by atoms with van der Waals surface area (Å²) in [7, 11) is 0. The van der Waals surface area contributed by atoms with Gasteiger partial charge >= 0.3 is 0 Å². The molecule has 1 nitrogen and oxygen atoms in total. The van der Waals surface area contributed by atoms with Crippen LogP contribution in [-0.4, -0.2) is 4.37 Å². The number of nitrogens with zero attached hydrogens (tertiary/aromatic N) is 1. The zero-order valence-corrected chi connectivity index (χ0v) is 7.18. The average molecular weight is 243 g/mol. The lowest BCUT2D eigenvalue weighted by Crippen LogP contribution is -1.45. The summed E-state index contributed by atoms with van der Waals surface area (Å²) < 4.78 is 5.94. The van der Waals surface area contributed by atoms with E-state index in [1.54, 1.807) is 6.20 Å². The van der Waals surface area contributed by atoms with Crippen LogP contribution in [0.4, 0.5) is 0 Å². The fourth-order valence-corrected chi connectivity index (χ4v) is 1.41. The molecule has 0 aliphatic rings. The van der Waals surface area contributed by atoms with Gasteiger partial charge in [-0.15, -0.1) is 0 Å². The molecule has 4 heteroatoms. The molecule has 0 amide bonds. The van der Waals surface area contributed by atoms with Gasteiger partial charge in [-0.3, -0.25) is 0 Å². The zero-order chi connectivity index (χ0) is 5.28. The van der Waals surface area contributed by atoms with Gasteiger partial charge < -0.3 is 0 Å². The van der Waals surface area contributed by atoms with Gasteiger partial charge in [0.2, 0.25) is 0 Å². The Hall–Kier alpha value is 0.590. The fourth-order valence-electron chi connectivity index (χ4n) is 0.213. The molecule has 1 rings (SSSR count). The molecule has 0 saturated carbocycles. The lowest BCUT2D eigenvalue weighted by atomic mass is 10.8. The number of rotatable bonds is 0. The van der Waals surface area contributed by atoms with Gasteiger partial charge in [0, 0.05) is 0 Å². The predicted molar refractivity (Wildman–Crippen MR) is 37.5 cm³/mol. The summed E-state index contributed by atoms with van der Waals surface area (Å²) >= 11 is 7.96. The topological polar surface area (TPSA) is 12.9 Å². The molecule has 0 atom stereocenters. The monoisotopic (exact) mass is 241 g/mol. The molecule has 1 aromatic heterocycles. The summed E-state index contributed by atoms with van der Waals surface area (Å²) in [5.74, 6) is 0. The van der Waals surface area contributed by atoms with Gasteiger partial charge in [-0.05, 0) is 43.4 Å². The van der Waals surface area contributed by atoms with E-state index in [9.17, 15) is 0 Å². The van der Waals surface area contributed by atoms with Crippen LogP contribution in [0.1, 0.15) is 0 Å². The Morgan fingerprint density at radius 1 is 1.57 bits per heavy atom. The quantitative estimate of drug-likeness (QED) is 0.682. The van der Waals surface area contributed by atoms with Crippen LogP contribution >= 0.6 is 43.4 Å². The van der Waals surface area contributed by atoms with Crippen LogP contribution < -0.4 is 0 Å². The standard InChI is InChI=1S/C3HBr2NS/c4-2-1-6-7-3(2)5/h1H. The van der Waals surface area contributed by atoms with Gasteiger partial charge in [0.1, 0.15) is 3.79 Å². The summed E-state index contributed by atoms with van der Waals surface area (Å²) in [6, 6.07) is 0. The lowest BCUT2D eigenvalue weighted by Gasteiger charge is -1.71. The normalized spacial score (nSPS) is 9.43. The summed E-state index contributed by atoms with van der Waals surface area (Å²) in [5, 5.41) is 0. The van der Waals surface area contributed by atoms with Crippen molar-refractivity contribution in [2.24, 2.45) is 0 Å². The maximum absolute atomic E-state index is 3.87. The lowest BCUT2D eigenvalue weighted by molar-refractivity contribution is 1.55. The molecule has 0 spiro atoms. The zero-order valence-electron chi connectivity index (χ0n) is 3.19. The van der Waals surface area contributed by atoms with E-state index >= 15 is 0 Å². The van der Waals surface area contributed by atoms with Crippen molar-refractivity contribution in [1.82, 2.24) is 4.37 Å². The van der Waals surface area contributed by atoms with Gasteiger partial charge in [-0.1, -0.05) is 0 Å². The summed E-state index contributed by atoms with van der Waals surface area (Å²) in [6.07, 6.45) is 1.76. The molecule has 0 aliphatic carbocycles. The van der Waals surface area contributed by atoms with E-state index in [2.05, 4.69) is 36.2 Å². The number of hydrogen-bond donors (Lipinski definition) is 0. The molecule has 38 valence electrons. The minimum absolute atomic E-state index is 1.03. The van der Waals surface area contributed by atoms with Gasteiger partial charge in [-0.2, -0.15) is 4.37 Å². The second-order valence-electron chi connectivity index (χ2n) is 0.947. The van der Waals surface area contributed by atoms with Crippen molar-refractivity contribution in [2.45, 2.75) is 0 Å². The van der Waals surface area contributed by atoms with Crippen molar-refractivity contribution in [2.75, 3.05) is 0 Å². The summed E-state index contributed by atoms with van der Waals surface area (Å²) in [6.45, 7) is 0. The van der Waals surface area contributed by atoms with Gasteiger partial charge in [0.15, 0.2) is 0 Å². The van der Waals surface area contributed by atoms with E-state index in [1.807, 2.05) is 0 Å². The molecule has 0 unspecified atom stereocenters. The van der Waals surface area contributed by atoms with E-state index in [4.69, 9.17) is 0 Å². The van der Waals surface area contributed by atoms with Crippen molar-refractivity contribution < 1.29 is 0 Å². The van der Waals surface area contributed by atoms with Crippen molar-refractivity contribution in [3.63, 3.8) is 0 Å². The first kappa shape index (κ1) is 5.72. The van der Waals surface area contributed by atoms with Crippen molar-refractivity contribution in [3.8, 4) is 0 Å². The third-order valence-corrected chi connectivity index (χ3v) is 3.33. The largest absolute Gasteiger partial charge is 0.199 e. The summed E-state index contributed by atoms with van der Waals surface area (Å²) in [5.41, 5.74) is 0. The molecule has 0 aromatic carbocycles. The van der Waals surface area contributed by atoms with E-state index in [0.29, 0.717) is 0 Å². The van der Waals surface area contributed by atoms with E-state index < -0.39 is 0 Å². The molecule has 0 radical (unpaired) electrons. The second kappa shape index (κ2) is 2.24. The molecular weight excluding hydrogens is 242 g/mol. The van der Waals surface area contributed by atoms with E-state index in [0.717, 1.165) is 8.26 Å². The Bertz CT molecular complexity index is 145. The highest BCUT2D eigenvalue weighted by Gasteiger charge is 1.93. The molecule has 0 bridgehead atoms. The number of aromatic nitrogens is 1. The third kappa shape index (κ3) is 1.24. The average Bonchev–Trinajstić information content (AvgIpc) is 1.91. The molecule has 0 saturated heterocycles. The maximum atomic E-state index is 3.87. The van der Waals surface area contributed by atoms with Crippen LogP contribution in [0.15, 0.2) is 14.5 Å². The third-order valence-electron chi connectivity index (χ3n) is 0.487. The minimum atomic E-state index is 1.03. The van der Waals surface area contributed by atoms with Crippen LogP contribution in [0.2, 0.25) is 0 Å². The summed E-state index contributed by atoms with van der Waals surface area (Å²) in [4.78, 5) is 0. The van der Waals surface area contributed by atoms with E-state index in [-0.39, 0.29) is 0 Å². The fraction of sp³-hybridized carbons (Fsp3) is 0. The molecule has 0 aliphatic heterocycles. The van der Waals surface area contributed by atoms with Crippen LogP contribution in [0.25, 0.3) is 0 Å². The van der Waals surface area contributed by atoms with Gasteiger partial charge in [0.05, 0.1) is 10.7 Å². The maximum Gasteiger partial charge on any atom is 0.105 e. The van der Waals surface area contributed by atoms with Crippen LogP contribution in [0.3, 0.4) is 0 Å². The first-order valence-corrected chi connectivity index (χ1v) is 3.92. The Kier molecular flexibility index (Phi) is 1.83. The van der Waals surface area contributed by atoms with Crippen LogP contribution in [0.5, 0.6) is 0 Å². The van der Waals surface area contributed by atoms with Crippen LogP contribution in [0, 0.1) is 0 Å². The highest BCUT2D eigenvalue weighted by atomic mass is 79.9. The van der Waals surface area contributed by atoms with Crippen molar-refractivity contribution >= 4 is 43.4 Å². The molecule has 1 aromatic rings. The Morgan fingerprint density at radius 2 is 2.29 bits per heavy atom. The van der Waals surface area contributed by atoms with Crippen molar-refractivity contribution in [1.29, 1.82) is 0 Å². The molecule has 0 N–H and O–H groups in total. The first-order chi connectivity index (χ1) is 3.30. The Morgan fingerprint density at radius 3 is 2.43 bits per heavy atom. The molecule has 7 heavy (non-hydrogen) atoms. The smallest absolute Gasteiger partial charge is 0.105 e. The van der Waals surface area contributed by atoms with E-state index in [1.165, 1.54) is 11.5 Å². The minimum Gasteiger partial charge on any atom is -0.199 e. The SMILES string of the molecule is Brc1cnsc1Br. The van der Waals surface area contributed by atoms with Crippen LogP contribution in [-0.2, 0) is 0 Å². The molecular formula is C3HBr2NS. The van der Waals surface area contributed by atoms with Gasteiger partial charge in [-0.25, -0.2) is 0 Å². The molecule has 0 fully saturated rings. The number of hydrogen-bond acceptors (Lipinski definition) is 2. The Labute approximate surface area is 62.2 Å². The number of halogens is 2.